The molecule has 0 aromatic rings. The summed E-state index contributed by atoms with van der Waals surface area (Å²) < 4.78 is 0. The number of rotatable bonds is 8. The van der Waals surface area contributed by atoms with Gasteiger partial charge in [-0.2, -0.15) is 0 Å². The normalized spacial score (nSPS) is 23.3. The van der Waals surface area contributed by atoms with Crippen LogP contribution in [0.15, 0.2) is 50.6 Å². The highest BCUT2D eigenvalue weighted by molar-refractivity contribution is 5.03. The highest BCUT2D eigenvalue weighted by Gasteiger charge is 2.36. The van der Waals surface area contributed by atoms with E-state index in [4.69, 9.17) is 0 Å². The largest absolute Gasteiger partial charge is 0.293 e. The van der Waals surface area contributed by atoms with Gasteiger partial charge in [-0.3, -0.25) is 4.90 Å². The Morgan fingerprint density at radius 2 is 1.68 bits per heavy atom. The minimum Gasteiger partial charge on any atom is -0.293 e. The predicted octanol–water partition coefficient (Wildman–Crippen LogP) is 4.74. The molecule has 1 nitrogen and oxygen atoms in total. The van der Waals surface area contributed by atoms with E-state index in [0.29, 0.717) is 0 Å². The van der Waals surface area contributed by atoms with Gasteiger partial charge in [0.05, 0.1) is 0 Å². The molecule has 0 aliphatic carbocycles. The fourth-order valence-electron chi connectivity index (χ4n) is 3.41. The van der Waals surface area contributed by atoms with Crippen LogP contribution in [0.2, 0.25) is 0 Å². The van der Waals surface area contributed by atoms with E-state index in [1.807, 2.05) is 6.08 Å². The van der Waals surface area contributed by atoms with Gasteiger partial charge in [0.2, 0.25) is 0 Å². The van der Waals surface area contributed by atoms with Crippen LogP contribution in [0.1, 0.15) is 38.5 Å². The SMILES string of the molecule is C=CCC1CCCC(CC=C)(CC=C)N(CC=C)C1. The van der Waals surface area contributed by atoms with E-state index in [9.17, 15) is 0 Å². The molecule has 1 aliphatic heterocycles. The first kappa shape index (κ1) is 16.0. The van der Waals surface area contributed by atoms with Crippen molar-refractivity contribution in [2.75, 3.05) is 13.1 Å². The van der Waals surface area contributed by atoms with E-state index >= 15 is 0 Å². The highest BCUT2D eigenvalue weighted by Crippen LogP contribution is 2.36. The molecule has 0 aromatic carbocycles. The van der Waals surface area contributed by atoms with Crippen molar-refractivity contribution in [3.05, 3.63) is 50.6 Å². The van der Waals surface area contributed by atoms with Gasteiger partial charge in [0.25, 0.3) is 0 Å². The summed E-state index contributed by atoms with van der Waals surface area (Å²) in [6, 6.07) is 0. The molecule has 1 heterocycles. The Hall–Kier alpha value is -1.08. The molecule has 0 radical (unpaired) electrons. The summed E-state index contributed by atoms with van der Waals surface area (Å²) >= 11 is 0. The van der Waals surface area contributed by atoms with E-state index in [1.165, 1.54) is 19.3 Å². The first-order chi connectivity index (χ1) is 9.22. The summed E-state index contributed by atoms with van der Waals surface area (Å²) in [5.41, 5.74) is 0.202. The molecule has 1 fully saturated rings. The van der Waals surface area contributed by atoms with Crippen LogP contribution in [0.5, 0.6) is 0 Å². The van der Waals surface area contributed by atoms with Crippen molar-refractivity contribution in [3.8, 4) is 0 Å². The molecule has 0 bridgehead atoms. The molecule has 1 unspecified atom stereocenters. The van der Waals surface area contributed by atoms with Crippen molar-refractivity contribution in [3.63, 3.8) is 0 Å². The Bertz CT molecular complexity index is 306. The molecule has 0 aromatic heterocycles. The summed E-state index contributed by atoms with van der Waals surface area (Å²) in [4.78, 5) is 2.60. The zero-order valence-corrected chi connectivity index (χ0v) is 12.3. The van der Waals surface area contributed by atoms with Crippen LogP contribution in [0.4, 0.5) is 0 Å². The molecule has 106 valence electrons. The summed E-state index contributed by atoms with van der Waals surface area (Å²) in [6.07, 6.45) is 15.2. The average Bonchev–Trinajstić information content (AvgIpc) is 2.53. The third-order valence-electron chi connectivity index (χ3n) is 4.30. The van der Waals surface area contributed by atoms with Crippen LogP contribution in [0.25, 0.3) is 0 Å². The number of hydrogen-bond donors (Lipinski definition) is 0. The molecule has 19 heavy (non-hydrogen) atoms. The topological polar surface area (TPSA) is 3.24 Å². The van der Waals surface area contributed by atoms with Gasteiger partial charge in [-0.15, -0.1) is 26.3 Å². The van der Waals surface area contributed by atoms with E-state index in [-0.39, 0.29) is 5.54 Å². The minimum atomic E-state index is 0.202. The van der Waals surface area contributed by atoms with Crippen LogP contribution in [0.3, 0.4) is 0 Å². The molecule has 1 aliphatic rings. The third-order valence-corrected chi connectivity index (χ3v) is 4.30. The first-order valence-electron chi connectivity index (χ1n) is 7.41. The number of hydrogen-bond acceptors (Lipinski definition) is 1. The Kier molecular flexibility index (Phi) is 6.86. The Balaban J connectivity index is 2.95. The predicted molar refractivity (Wildman–Crippen MR) is 86.3 cm³/mol. The third kappa shape index (κ3) is 4.21. The summed E-state index contributed by atoms with van der Waals surface area (Å²) in [5.74, 6) is 0.731. The van der Waals surface area contributed by atoms with Crippen molar-refractivity contribution >= 4 is 0 Å². The standard InChI is InChI=1S/C18H29N/c1-5-10-17-11-9-14-18(12-6-2,13-7-3)19(16-17)15-8-4/h5-8,17H,1-4,9-16H2. The quantitative estimate of drug-likeness (QED) is 0.569. The lowest BCUT2D eigenvalue weighted by Gasteiger charge is -2.42. The Morgan fingerprint density at radius 1 is 1.00 bits per heavy atom. The van der Waals surface area contributed by atoms with Crippen LogP contribution in [-0.2, 0) is 0 Å². The van der Waals surface area contributed by atoms with Crippen LogP contribution in [-0.4, -0.2) is 23.5 Å². The number of nitrogens with zero attached hydrogens (tertiary/aromatic N) is 1. The Morgan fingerprint density at radius 3 is 2.21 bits per heavy atom. The zero-order chi connectivity index (χ0) is 14.1. The molecule has 1 rings (SSSR count). The maximum atomic E-state index is 3.96. The maximum Gasteiger partial charge on any atom is 0.0281 e. The molecule has 1 saturated heterocycles. The second-order valence-electron chi connectivity index (χ2n) is 5.69. The lowest BCUT2D eigenvalue weighted by molar-refractivity contribution is 0.0953. The highest BCUT2D eigenvalue weighted by atomic mass is 15.2. The van der Waals surface area contributed by atoms with Crippen molar-refractivity contribution in [2.45, 2.75) is 44.1 Å². The molecule has 0 spiro atoms. The molecular formula is C18H29N. The summed E-state index contributed by atoms with van der Waals surface area (Å²) in [6.45, 7) is 17.8. The van der Waals surface area contributed by atoms with Gasteiger partial charge in [-0.25, -0.2) is 0 Å². The fourth-order valence-corrected chi connectivity index (χ4v) is 3.41. The van der Waals surface area contributed by atoms with Gasteiger partial charge in [-0.1, -0.05) is 30.7 Å². The minimum absolute atomic E-state index is 0.202. The van der Waals surface area contributed by atoms with Gasteiger partial charge in [0, 0.05) is 18.6 Å². The Labute approximate surface area is 119 Å². The summed E-state index contributed by atoms with van der Waals surface area (Å²) in [5, 5.41) is 0. The second-order valence-corrected chi connectivity index (χ2v) is 5.69. The van der Waals surface area contributed by atoms with Gasteiger partial charge in [0.15, 0.2) is 0 Å². The lowest BCUT2D eigenvalue weighted by atomic mass is 9.84. The molecular weight excluding hydrogens is 230 g/mol. The lowest BCUT2D eigenvalue weighted by Crippen LogP contribution is -2.48. The van der Waals surface area contributed by atoms with Crippen molar-refractivity contribution in [1.82, 2.24) is 4.90 Å². The van der Waals surface area contributed by atoms with Crippen LogP contribution >= 0.6 is 0 Å². The van der Waals surface area contributed by atoms with Gasteiger partial charge >= 0.3 is 0 Å². The van der Waals surface area contributed by atoms with Gasteiger partial charge in [-0.05, 0) is 38.0 Å². The van der Waals surface area contributed by atoms with Crippen LogP contribution in [0, 0.1) is 5.92 Å². The van der Waals surface area contributed by atoms with Crippen molar-refractivity contribution in [2.24, 2.45) is 5.92 Å². The monoisotopic (exact) mass is 259 g/mol. The molecule has 0 amide bonds. The van der Waals surface area contributed by atoms with E-state index in [0.717, 1.165) is 38.3 Å². The van der Waals surface area contributed by atoms with Crippen molar-refractivity contribution in [1.29, 1.82) is 0 Å². The molecule has 1 atom stereocenters. The number of allylic oxidation sites excluding steroid dienone is 1. The number of likely N-dealkylation sites (tertiary alicyclic amines) is 1. The first-order valence-corrected chi connectivity index (χ1v) is 7.41. The van der Waals surface area contributed by atoms with E-state index in [2.05, 4.69) is 49.4 Å². The van der Waals surface area contributed by atoms with E-state index < -0.39 is 0 Å². The van der Waals surface area contributed by atoms with Crippen molar-refractivity contribution < 1.29 is 0 Å². The second kappa shape index (κ2) is 8.16. The van der Waals surface area contributed by atoms with Crippen LogP contribution < -0.4 is 0 Å². The van der Waals surface area contributed by atoms with Gasteiger partial charge in [0.1, 0.15) is 0 Å². The maximum absolute atomic E-state index is 3.96. The van der Waals surface area contributed by atoms with E-state index in [1.54, 1.807) is 0 Å². The smallest absolute Gasteiger partial charge is 0.0281 e. The van der Waals surface area contributed by atoms with Gasteiger partial charge < -0.3 is 0 Å². The fraction of sp³-hybridized carbons (Fsp3) is 0.556. The molecule has 0 saturated carbocycles. The molecule has 0 N–H and O–H groups in total. The summed E-state index contributed by atoms with van der Waals surface area (Å²) in [7, 11) is 0. The average molecular weight is 259 g/mol. The molecule has 1 heteroatoms. The zero-order valence-electron chi connectivity index (χ0n) is 12.3.